The largest absolute Gasteiger partial charge is 0.497 e. The van der Waals surface area contributed by atoms with E-state index in [4.69, 9.17) is 18.9 Å². The molecule has 1 aromatic carbocycles. The molecule has 0 aromatic heterocycles. The van der Waals surface area contributed by atoms with Crippen molar-refractivity contribution >= 4 is 23.0 Å². The minimum Gasteiger partial charge on any atom is -0.497 e. The van der Waals surface area contributed by atoms with Gasteiger partial charge in [-0.1, -0.05) is 53.8 Å². The summed E-state index contributed by atoms with van der Waals surface area (Å²) < 4.78 is 24.1. The van der Waals surface area contributed by atoms with Crippen molar-refractivity contribution in [2.24, 2.45) is 0 Å². The van der Waals surface area contributed by atoms with E-state index in [0.29, 0.717) is 25.1 Å². The molecule has 3 aliphatic rings. The number of fused-ring (bicyclic) bond motifs is 2. The third-order valence-corrected chi connectivity index (χ3v) is 8.34. The standard InChI is InChI=1S/C30H39NO6S/c1-22-11-9-7-5-4-6-8-10-12-25-18-26(36-28(32)17-22)19-30(35-3,37-25)27-21-38-29(33)31(27)20-23-13-15-24(34-2)16-14-23/h4-7,13-17,25-27H,8-12,18-21H2,1-3H3/b6-4-,7-5-,22-17-/t25-,26-,27+,30-/m1/s1. The monoisotopic (exact) mass is 541 g/mol. The zero-order valence-electron chi connectivity index (χ0n) is 22.6. The van der Waals surface area contributed by atoms with E-state index in [2.05, 4.69) is 24.3 Å². The first kappa shape index (κ1) is 28.5. The fourth-order valence-corrected chi connectivity index (χ4v) is 6.43. The lowest BCUT2D eigenvalue weighted by molar-refractivity contribution is -0.305. The van der Waals surface area contributed by atoms with Crippen molar-refractivity contribution in [3.8, 4) is 5.75 Å². The molecule has 0 saturated carbocycles. The molecule has 1 amide bonds. The maximum Gasteiger partial charge on any atom is 0.330 e. The minimum atomic E-state index is -1.07. The predicted molar refractivity (Wildman–Crippen MR) is 149 cm³/mol. The lowest BCUT2D eigenvalue weighted by Gasteiger charge is -2.48. The molecule has 2 fully saturated rings. The van der Waals surface area contributed by atoms with E-state index in [0.717, 1.165) is 49.0 Å². The first-order chi connectivity index (χ1) is 18.4. The van der Waals surface area contributed by atoms with Gasteiger partial charge in [0.2, 0.25) is 0 Å². The molecule has 0 spiro atoms. The van der Waals surface area contributed by atoms with Crippen LogP contribution in [0.5, 0.6) is 5.75 Å². The smallest absolute Gasteiger partial charge is 0.330 e. The fraction of sp³-hybridized carbons (Fsp3) is 0.533. The van der Waals surface area contributed by atoms with Gasteiger partial charge in [0, 0.05) is 38.3 Å². The van der Waals surface area contributed by atoms with Crippen LogP contribution in [-0.4, -0.2) is 60.1 Å². The number of nitrogens with zero attached hydrogens (tertiary/aromatic N) is 1. The number of benzene rings is 1. The third-order valence-electron chi connectivity index (χ3n) is 7.38. The van der Waals surface area contributed by atoms with Crippen LogP contribution in [0.4, 0.5) is 4.79 Å². The first-order valence-corrected chi connectivity index (χ1v) is 14.4. The molecule has 4 rings (SSSR count). The Labute approximate surface area is 230 Å². The number of methoxy groups -OCH3 is 2. The SMILES string of the molecule is COc1ccc(CN2C(=O)SC[C@H]2[C@@]2(OC)C[C@H]3C[C@@H](CCC/C=C\C=C/CC/C(C)=C\C(=O)O3)O2)cc1. The van der Waals surface area contributed by atoms with Gasteiger partial charge in [-0.3, -0.25) is 4.79 Å². The van der Waals surface area contributed by atoms with Gasteiger partial charge in [-0.15, -0.1) is 0 Å². The zero-order valence-corrected chi connectivity index (χ0v) is 23.4. The van der Waals surface area contributed by atoms with E-state index in [-0.39, 0.29) is 29.5 Å². The lowest BCUT2D eigenvalue weighted by Crippen LogP contribution is -2.60. The van der Waals surface area contributed by atoms with E-state index < -0.39 is 5.79 Å². The summed E-state index contributed by atoms with van der Waals surface area (Å²) in [5, 5.41) is -0.00674. The van der Waals surface area contributed by atoms with E-state index in [1.54, 1.807) is 20.3 Å². The normalized spacial score (nSPS) is 32.2. The number of esters is 1. The Balaban J connectivity index is 1.57. The second-order valence-electron chi connectivity index (χ2n) is 10.1. The zero-order chi connectivity index (χ0) is 27.0. The minimum absolute atomic E-state index is 0.00674. The van der Waals surface area contributed by atoms with Crippen molar-refractivity contribution in [3.05, 3.63) is 65.8 Å². The van der Waals surface area contributed by atoms with Crippen LogP contribution in [0.15, 0.2) is 60.2 Å². The van der Waals surface area contributed by atoms with Crippen LogP contribution in [0, 0.1) is 0 Å². The fourth-order valence-electron chi connectivity index (χ4n) is 5.33. The molecule has 1 aromatic rings. The molecule has 2 bridgehead atoms. The van der Waals surface area contributed by atoms with Crippen LogP contribution in [0.1, 0.15) is 57.4 Å². The van der Waals surface area contributed by atoms with Gasteiger partial charge in [-0.2, -0.15) is 0 Å². The molecule has 0 N–H and O–H groups in total. The quantitative estimate of drug-likeness (QED) is 0.412. The summed E-state index contributed by atoms with van der Waals surface area (Å²) in [4.78, 5) is 27.7. The van der Waals surface area contributed by atoms with Gasteiger partial charge < -0.3 is 23.8 Å². The lowest BCUT2D eigenvalue weighted by atomic mass is 9.90. The third kappa shape index (κ3) is 7.30. The van der Waals surface area contributed by atoms with Crippen molar-refractivity contribution in [2.75, 3.05) is 20.0 Å². The summed E-state index contributed by atoms with van der Waals surface area (Å²) in [7, 11) is 3.26. The van der Waals surface area contributed by atoms with E-state index in [9.17, 15) is 9.59 Å². The molecule has 0 aliphatic carbocycles. The summed E-state index contributed by atoms with van der Waals surface area (Å²) in [5.41, 5.74) is 1.98. The number of ether oxygens (including phenoxy) is 4. The maximum absolute atomic E-state index is 13.0. The van der Waals surface area contributed by atoms with Crippen LogP contribution in [0.3, 0.4) is 0 Å². The van der Waals surface area contributed by atoms with Crippen LogP contribution in [0.2, 0.25) is 0 Å². The van der Waals surface area contributed by atoms with Gasteiger partial charge in [-0.25, -0.2) is 4.79 Å². The van der Waals surface area contributed by atoms with E-state index in [1.165, 1.54) is 11.8 Å². The highest BCUT2D eigenvalue weighted by atomic mass is 32.2. The van der Waals surface area contributed by atoms with Gasteiger partial charge in [-0.05, 0) is 56.7 Å². The second-order valence-corrected chi connectivity index (χ2v) is 11.1. The highest BCUT2D eigenvalue weighted by Gasteiger charge is 2.54. The Morgan fingerprint density at radius 3 is 2.58 bits per heavy atom. The molecule has 2 saturated heterocycles. The topological polar surface area (TPSA) is 74.3 Å². The highest BCUT2D eigenvalue weighted by molar-refractivity contribution is 8.13. The van der Waals surface area contributed by atoms with E-state index in [1.807, 2.05) is 36.1 Å². The summed E-state index contributed by atoms with van der Waals surface area (Å²) in [5.74, 6) is -0.0850. The molecule has 206 valence electrons. The Bertz CT molecular complexity index is 1050. The molecule has 0 radical (unpaired) electrons. The molecule has 8 heteroatoms. The van der Waals surface area contributed by atoms with Crippen LogP contribution < -0.4 is 4.74 Å². The molecule has 3 heterocycles. The first-order valence-electron chi connectivity index (χ1n) is 13.4. The Morgan fingerprint density at radius 2 is 1.84 bits per heavy atom. The van der Waals surface area contributed by atoms with Crippen molar-refractivity contribution < 1.29 is 28.5 Å². The summed E-state index contributed by atoms with van der Waals surface area (Å²) in [6.45, 7) is 2.39. The predicted octanol–water partition coefficient (Wildman–Crippen LogP) is 6.19. The number of rotatable bonds is 5. The molecular formula is C30H39NO6S. The molecule has 0 unspecified atom stereocenters. The van der Waals surface area contributed by atoms with Crippen LogP contribution >= 0.6 is 11.8 Å². The average Bonchev–Trinajstić information content (AvgIpc) is 3.27. The highest BCUT2D eigenvalue weighted by Crippen LogP contribution is 2.43. The van der Waals surface area contributed by atoms with Crippen LogP contribution in [0.25, 0.3) is 0 Å². The molecule has 7 nitrogen and oxygen atoms in total. The molecular weight excluding hydrogens is 502 g/mol. The Morgan fingerprint density at radius 1 is 1.08 bits per heavy atom. The number of hydrogen-bond acceptors (Lipinski definition) is 7. The van der Waals surface area contributed by atoms with Crippen molar-refractivity contribution in [1.82, 2.24) is 4.90 Å². The van der Waals surface area contributed by atoms with Crippen molar-refractivity contribution in [3.63, 3.8) is 0 Å². The Hall–Kier alpha value is -2.55. The maximum atomic E-state index is 13.0. The number of hydrogen-bond donors (Lipinski definition) is 0. The number of carbonyl (C=O) groups is 2. The molecule has 4 atom stereocenters. The van der Waals surface area contributed by atoms with Gasteiger partial charge in [0.25, 0.3) is 5.24 Å². The van der Waals surface area contributed by atoms with Crippen LogP contribution in [-0.2, 0) is 25.5 Å². The summed E-state index contributed by atoms with van der Waals surface area (Å²) >= 11 is 1.28. The van der Waals surface area contributed by atoms with Gasteiger partial charge in [0.1, 0.15) is 11.9 Å². The van der Waals surface area contributed by atoms with Gasteiger partial charge in [0.15, 0.2) is 5.79 Å². The number of carbonyl (C=O) groups excluding carboxylic acids is 2. The summed E-state index contributed by atoms with van der Waals surface area (Å²) in [6, 6.07) is 7.40. The summed E-state index contributed by atoms with van der Waals surface area (Å²) in [6.07, 6.45) is 14.9. The Kier molecular flexibility index (Phi) is 10.1. The van der Waals surface area contributed by atoms with Crippen molar-refractivity contribution in [2.45, 2.75) is 82.5 Å². The number of allylic oxidation sites excluding steroid dienone is 5. The van der Waals surface area contributed by atoms with Gasteiger partial charge in [0.05, 0.1) is 19.3 Å². The van der Waals surface area contributed by atoms with Gasteiger partial charge >= 0.3 is 5.97 Å². The average molecular weight is 542 g/mol. The second kappa shape index (κ2) is 13.5. The number of thioether (sulfide) groups is 1. The molecule has 3 aliphatic heterocycles. The van der Waals surface area contributed by atoms with E-state index >= 15 is 0 Å². The number of amides is 1. The molecule has 38 heavy (non-hydrogen) atoms. The van der Waals surface area contributed by atoms with Crippen molar-refractivity contribution in [1.29, 1.82) is 0 Å².